The van der Waals surface area contributed by atoms with Gasteiger partial charge < -0.3 is 15.0 Å². The van der Waals surface area contributed by atoms with Gasteiger partial charge in [0.1, 0.15) is 6.61 Å². The molecule has 3 N–H and O–H groups in total. The van der Waals surface area contributed by atoms with Crippen LogP contribution in [0, 0.1) is 5.41 Å². The lowest BCUT2D eigenvalue weighted by atomic mass is 9.87. The van der Waals surface area contributed by atoms with Crippen LogP contribution < -0.4 is 10.4 Å². The van der Waals surface area contributed by atoms with Gasteiger partial charge in [0, 0.05) is 18.5 Å². The number of carbonyl (C=O) groups excluding carboxylic acids is 2. The molecule has 2 atom stereocenters. The number of rotatable bonds is 8. The standard InChI is InChI=1S/C16H30N3O6P/c1-16(2)12-24-26(22,18-8-11-19-9-4-5-10-19)25-14(16)15(21)17-7-6-13(20)23-3/h14,18,22H,4-12H2,1-3H3/p+1/t14-,26?/m0/s1. The van der Waals surface area contributed by atoms with E-state index in [4.69, 9.17) is 9.05 Å². The summed E-state index contributed by atoms with van der Waals surface area (Å²) in [5.41, 5.74) is -0.599. The zero-order valence-corrected chi connectivity index (χ0v) is 16.7. The van der Waals surface area contributed by atoms with Crippen LogP contribution in [0.25, 0.3) is 0 Å². The zero-order chi connectivity index (χ0) is 19.2. The Labute approximate surface area is 155 Å². The predicted octanol–water partition coefficient (Wildman–Crippen LogP) is 0.463. The molecular weight excluding hydrogens is 361 g/mol. The number of carbonyl (C=O) groups is 2. The molecule has 0 saturated carbocycles. The Balaban J connectivity index is 1.85. The normalized spacial score (nSPS) is 28.7. The van der Waals surface area contributed by atoms with Crippen LogP contribution in [0.1, 0.15) is 33.1 Å². The molecule has 2 aliphatic rings. The topological polar surface area (TPSA) is 109 Å². The Hall–Kier alpha value is -0.830. The zero-order valence-electron chi connectivity index (χ0n) is 15.8. The molecule has 1 amide bonds. The molecule has 2 heterocycles. The average Bonchev–Trinajstić information content (AvgIpc) is 3.10. The van der Waals surface area contributed by atoms with Gasteiger partial charge in [-0.05, 0) is 25.9 Å². The predicted molar refractivity (Wildman–Crippen MR) is 97.1 cm³/mol. The van der Waals surface area contributed by atoms with Gasteiger partial charge in [0.15, 0.2) is 6.10 Å². The molecule has 1 unspecified atom stereocenters. The van der Waals surface area contributed by atoms with E-state index in [-0.39, 0.29) is 25.5 Å². The molecule has 2 aliphatic heterocycles. The minimum absolute atomic E-state index is 0.0827. The number of methoxy groups -OCH3 is 1. The van der Waals surface area contributed by atoms with Gasteiger partial charge in [-0.2, -0.15) is 9.42 Å². The number of hydrogen-bond acceptors (Lipinski definition) is 8. The molecule has 0 aromatic carbocycles. The van der Waals surface area contributed by atoms with Crippen molar-refractivity contribution >= 4 is 20.0 Å². The quantitative estimate of drug-likeness (QED) is 0.404. The highest BCUT2D eigenvalue weighted by Gasteiger charge is 2.57. The fourth-order valence-electron chi connectivity index (χ4n) is 2.97. The molecule has 10 heteroatoms. The second kappa shape index (κ2) is 9.39. The maximum atomic E-state index is 12.5. The average molecular weight is 392 g/mol. The van der Waals surface area contributed by atoms with Crippen LogP contribution in [0.3, 0.4) is 0 Å². The van der Waals surface area contributed by atoms with Gasteiger partial charge in [-0.15, -0.1) is 9.61 Å². The van der Waals surface area contributed by atoms with Gasteiger partial charge in [-0.3, -0.25) is 9.59 Å². The Morgan fingerprint density at radius 2 is 2.00 bits per heavy atom. The summed E-state index contributed by atoms with van der Waals surface area (Å²) in [7, 11) is -2.00. The number of ether oxygens (including phenoxy) is 1. The van der Waals surface area contributed by atoms with E-state index in [0.717, 1.165) is 19.6 Å². The maximum Gasteiger partial charge on any atom is 0.499 e. The summed E-state index contributed by atoms with van der Waals surface area (Å²) in [6.07, 6.45) is 1.62. The molecule has 0 bridgehead atoms. The van der Waals surface area contributed by atoms with Crippen molar-refractivity contribution in [3.05, 3.63) is 0 Å². The molecule has 0 aliphatic carbocycles. The second-order valence-electron chi connectivity index (χ2n) is 7.34. The Bertz CT molecular complexity index is 500. The highest BCUT2D eigenvalue weighted by Crippen LogP contribution is 2.59. The molecule has 0 aromatic rings. The van der Waals surface area contributed by atoms with E-state index < -0.39 is 25.6 Å². The van der Waals surface area contributed by atoms with Crippen molar-refractivity contribution in [3.63, 3.8) is 0 Å². The lowest BCUT2D eigenvalue weighted by molar-refractivity contribution is -0.142. The van der Waals surface area contributed by atoms with Crippen LogP contribution in [0.15, 0.2) is 0 Å². The molecule has 26 heavy (non-hydrogen) atoms. The summed E-state index contributed by atoms with van der Waals surface area (Å²) in [6, 6.07) is 0. The number of nitrogens with zero attached hydrogens (tertiary/aromatic N) is 1. The summed E-state index contributed by atoms with van der Waals surface area (Å²) < 4.78 is 15.8. The molecule has 9 nitrogen and oxygen atoms in total. The van der Waals surface area contributed by atoms with Crippen LogP contribution in [-0.2, 0) is 23.4 Å². The molecule has 150 valence electrons. The number of nitrogens with one attached hydrogen (secondary N) is 2. The first-order chi connectivity index (χ1) is 12.3. The third kappa shape index (κ3) is 6.11. The SMILES string of the molecule is COC(=O)CCNC(=O)[C@@H]1O[P+](O)(NCCN2CCCC2)OCC1(C)C. The van der Waals surface area contributed by atoms with Crippen molar-refractivity contribution < 1.29 is 28.3 Å². The van der Waals surface area contributed by atoms with Crippen molar-refractivity contribution in [2.45, 2.75) is 39.2 Å². The van der Waals surface area contributed by atoms with Crippen molar-refractivity contribution in [3.8, 4) is 0 Å². The summed E-state index contributed by atoms with van der Waals surface area (Å²) in [6.45, 7) is 7.49. The molecule has 2 rings (SSSR count). The summed E-state index contributed by atoms with van der Waals surface area (Å²) in [4.78, 5) is 36.6. The van der Waals surface area contributed by atoms with Gasteiger partial charge in [0.25, 0.3) is 5.91 Å². The second-order valence-corrected chi connectivity index (χ2v) is 9.17. The minimum Gasteiger partial charge on any atom is -0.469 e. The number of esters is 1. The maximum absolute atomic E-state index is 12.5. The molecular formula is C16H31N3O6P+. The Kier molecular flexibility index (Phi) is 7.76. The fraction of sp³-hybridized carbons (Fsp3) is 0.875. The Morgan fingerprint density at radius 1 is 1.31 bits per heavy atom. The molecule has 2 saturated heterocycles. The smallest absolute Gasteiger partial charge is 0.469 e. The van der Waals surface area contributed by atoms with E-state index in [1.807, 2.05) is 13.8 Å². The number of likely N-dealkylation sites (tertiary alicyclic amines) is 1. The fourth-order valence-corrected chi connectivity index (χ4v) is 4.75. The van der Waals surface area contributed by atoms with Crippen molar-refractivity contribution in [2.24, 2.45) is 5.41 Å². The first-order valence-electron chi connectivity index (χ1n) is 9.02. The largest absolute Gasteiger partial charge is 0.499 e. The number of hydrogen-bond donors (Lipinski definition) is 3. The third-order valence-electron chi connectivity index (χ3n) is 4.60. The molecule has 0 spiro atoms. The third-order valence-corrected chi connectivity index (χ3v) is 6.20. The van der Waals surface area contributed by atoms with Crippen molar-refractivity contribution in [2.75, 3.05) is 46.4 Å². The summed E-state index contributed by atoms with van der Waals surface area (Å²) >= 11 is 0. The number of amides is 1. The summed E-state index contributed by atoms with van der Waals surface area (Å²) in [5.74, 6) is -0.771. The highest BCUT2D eigenvalue weighted by molar-refractivity contribution is 7.58. The van der Waals surface area contributed by atoms with Gasteiger partial charge in [-0.1, -0.05) is 13.8 Å². The molecule has 0 aromatic heterocycles. The van der Waals surface area contributed by atoms with E-state index in [9.17, 15) is 14.5 Å². The van der Waals surface area contributed by atoms with Gasteiger partial charge in [-0.25, -0.2) is 0 Å². The Morgan fingerprint density at radius 3 is 2.65 bits per heavy atom. The van der Waals surface area contributed by atoms with Crippen LogP contribution >= 0.6 is 8.09 Å². The monoisotopic (exact) mass is 392 g/mol. The van der Waals surface area contributed by atoms with Crippen LogP contribution in [0.4, 0.5) is 0 Å². The molecule has 2 fully saturated rings. The lowest BCUT2D eigenvalue weighted by Gasteiger charge is -2.37. The lowest BCUT2D eigenvalue weighted by Crippen LogP contribution is -2.52. The van der Waals surface area contributed by atoms with Crippen LogP contribution in [0.5, 0.6) is 0 Å². The van der Waals surface area contributed by atoms with E-state index in [2.05, 4.69) is 20.0 Å². The van der Waals surface area contributed by atoms with E-state index in [1.165, 1.54) is 20.0 Å². The molecule has 0 radical (unpaired) electrons. The van der Waals surface area contributed by atoms with Crippen LogP contribution in [0.2, 0.25) is 0 Å². The van der Waals surface area contributed by atoms with E-state index >= 15 is 0 Å². The highest BCUT2D eigenvalue weighted by atomic mass is 31.2. The van der Waals surface area contributed by atoms with Gasteiger partial charge in [0.2, 0.25) is 0 Å². The first kappa shape index (κ1) is 21.5. The minimum atomic E-state index is -3.30. The summed E-state index contributed by atoms with van der Waals surface area (Å²) in [5, 5.41) is 5.62. The van der Waals surface area contributed by atoms with Gasteiger partial charge >= 0.3 is 14.1 Å². The van der Waals surface area contributed by atoms with E-state index in [1.54, 1.807) is 0 Å². The first-order valence-corrected chi connectivity index (χ1v) is 10.6. The van der Waals surface area contributed by atoms with Crippen molar-refractivity contribution in [1.82, 2.24) is 15.3 Å². The van der Waals surface area contributed by atoms with E-state index in [0.29, 0.717) is 6.54 Å². The van der Waals surface area contributed by atoms with Crippen molar-refractivity contribution in [1.29, 1.82) is 0 Å². The van der Waals surface area contributed by atoms with Crippen LogP contribution in [-0.4, -0.2) is 74.2 Å². The van der Waals surface area contributed by atoms with Gasteiger partial charge in [0.05, 0.1) is 20.1 Å².